The second-order valence-electron chi connectivity index (χ2n) is 5.64. The maximum absolute atomic E-state index is 11.6. The van der Waals surface area contributed by atoms with E-state index in [-0.39, 0.29) is 31.2 Å². The molecule has 2 rings (SSSR count). The largest absolute Gasteiger partial charge is 0.481 e. The van der Waals surface area contributed by atoms with Gasteiger partial charge < -0.3 is 5.11 Å². The number of hydrogen-bond donors (Lipinski definition) is 1. The summed E-state index contributed by atoms with van der Waals surface area (Å²) in [5, 5.41) is 9.46. The van der Waals surface area contributed by atoms with Crippen molar-refractivity contribution in [2.45, 2.75) is 45.4 Å². The molecule has 1 saturated heterocycles. The highest BCUT2D eigenvalue weighted by molar-refractivity contribution is 6.02. The number of carboxylic acid groups (broad SMARTS) is 1. The van der Waals surface area contributed by atoms with Crippen LogP contribution in [0.15, 0.2) is 0 Å². The Morgan fingerprint density at radius 3 is 2.22 bits per heavy atom. The topological polar surface area (TPSA) is 74.7 Å². The van der Waals surface area contributed by atoms with Gasteiger partial charge in [-0.1, -0.05) is 6.92 Å². The van der Waals surface area contributed by atoms with Crippen molar-refractivity contribution in [3.05, 3.63) is 0 Å². The van der Waals surface area contributed by atoms with Crippen molar-refractivity contribution in [2.24, 2.45) is 11.3 Å². The summed E-state index contributed by atoms with van der Waals surface area (Å²) in [4.78, 5) is 35.9. The van der Waals surface area contributed by atoms with Crippen molar-refractivity contribution in [3.63, 3.8) is 0 Å². The molecular weight excluding hydrogens is 234 g/mol. The monoisotopic (exact) mass is 253 g/mol. The van der Waals surface area contributed by atoms with E-state index < -0.39 is 11.4 Å². The molecule has 0 aromatic rings. The third-order valence-electron chi connectivity index (χ3n) is 4.30. The van der Waals surface area contributed by atoms with Crippen molar-refractivity contribution in [1.82, 2.24) is 4.90 Å². The van der Waals surface area contributed by atoms with Gasteiger partial charge in [-0.2, -0.15) is 0 Å². The molecule has 0 bridgehead atoms. The van der Waals surface area contributed by atoms with Gasteiger partial charge in [0.1, 0.15) is 0 Å². The van der Waals surface area contributed by atoms with E-state index >= 15 is 0 Å². The van der Waals surface area contributed by atoms with Crippen molar-refractivity contribution in [3.8, 4) is 0 Å². The molecule has 2 fully saturated rings. The second-order valence-corrected chi connectivity index (χ2v) is 5.64. The fourth-order valence-electron chi connectivity index (χ4n) is 2.86. The molecule has 1 heterocycles. The first kappa shape index (κ1) is 13.1. The molecule has 0 aromatic carbocycles. The molecule has 1 aliphatic carbocycles. The predicted octanol–water partition coefficient (Wildman–Crippen LogP) is 1.42. The number of aliphatic carboxylic acids is 1. The Bertz CT molecular complexity index is 366. The molecule has 0 aromatic heterocycles. The third-order valence-corrected chi connectivity index (χ3v) is 4.30. The van der Waals surface area contributed by atoms with Crippen LogP contribution >= 0.6 is 0 Å². The molecule has 0 radical (unpaired) electrons. The van der Waals surface area contributed by atoms with Gasteiger partial charge in [-0.15, -0.1) is 0 Å². The highest BCUT2D eigenvalue weighted by atomic mass is 16.4. The molecule has 2 aliphatic rings. The Hall–Kier alpha value is -1.39. The van der Waals surface area contributed by atoms with Crippen LogP contribution in [-0.4, -0.2) is 34.3 Å². The van der Waals surface area contributed by atoms with Gasteiger partial charge in [0.25, 0.3) is 0 Å². The number of likely N-dealkylation sites (tertiary alicyclic amines) is 1. The van der Waals surface area contributed by atoms with E-state index in [2.05, 4.69) is 6.92 Å². The van der Waals surface area contributed by atoms with Crippen LogP contribution in [-0.2, 0) is 14.4 Å². The molecule has 5 heteroatoms. The van der Waals surface area contributed by atoms with Crippen LogP contribution in [0.25, 0.3) is 0 Å². The van der Waals surface area contributed by atoms with Crippen LogP contribution in [0, 0.1) is 11.3 Å². The van der Waals surface area contributed by atoms with E-state index in [1.165, 1.54) is 0 Å². The van der Waals surface area contributed by atoms with E-state index in [1.807, 2.05) is 0 Å². The average Bonchev–Trinajstić information content (AvgIpc) is 2.63. The molecule has 2 amide bonds. The van der Waals surface area contributed by atoms with Crippen LogP contribution in [0.5, 0.6) is 0 Å². The number of amides is 2. The Morgan fingerprint density at radius 1 is 1.28 bits per heavy atom. The van der Waals surface area contributed by atoms with Gasteiger partial charge in [-0.25, -0.2) is 0 Å². The highest BCUT2D eigenvalue weighted by Gasteiger charge is 2.45. The lowest BCUT2D eigenvalue weighted by Crippen LogP contribution is -2.47. The molecule has 1 saturated carbocycles. The number of rotatable bonds is 3. The summed E-state index contributed by atoms with van der Waals surface area (Å²) in [7, 11) is 0. The summed E-state index contributed by atoms with van der Waals surface area (Å²) in [6.45, 7) is 2.17. The zero-order chi connectivity index (χ0) is 13.3. The van der Waals surface area contributed by atoms with Crippen molar-refractivity contribution in [2.75, 3.05) is 6.54 Å². The van der Waals surface area contributed by atoms with Gasteiger partial charge in [0.15, 0.2) is 0 Å². The number of hydrogen-bond acceptors (Lipinski definition) is 3. The fraction of sp³-hybridized carbons (Fsp3) is 0.769. The number of carbonyl (C=O) groups is 3. The number of carbonyl (C=O) groups excluding carboxylic acids is 2. The van der Waals surface area contributed by atoms with Gasteiger partial charge in [0.2, 0.25) is 11.8 Å². The average molecular weight is 253 g/mol. The normalized spacial score (nSPS) is 32.9. The molecule has 0 unspecified atom stereocenters. The molecule has 1 aliphatic heterocycles. The van der Waals surface area contributed by atoms with Crippen LogP contribution in [0.3, 0.4) is 0 Å². The number of carboxylic acids is 1. The van der Waals surface area contributed by atoms with E-state index in [9.17, 15) is 19.5 Å². The van der Waals surface area contributed by atoms with E-state index in [1.54, 1.807) is 0 Å². The minimum atomic E-state index is -0.915. The third kappa shape index (κ3) is 2.26. The molecule has 1 N–H and O–H groups in total. The van der Waals surface area contributed by atoms with Crippen LogP contribution in [0.2, 0.25) is 0 Å². The SMILES string of the molecule is CC1CCC(CN2C(=O)CCC2=O)(C(=O)O)CC1. The quantitative estimate of drug-likeness (QED) is 0.772. The molecule has 100 valence electrons. The van der Waals surface area contributed by atoms with Crippen LogP contribution < -0.4 is 0 Å². The number of imide groups is 1. The lowest BCUT2D eigenvalue weighted by Gasteiger charge is -2.37. The molecule has 18 heavy (non-hydrogen) atoms. The van der Waals surface area contributed by atoms with Gasteiger partial charge in [0.05, 0.1) is 5.41 Å². The smallest absolute Gasteiger partial charge is 0.311 e. The first-order valence-electron chi connectivity index (χ1n) is 6.51. The molecular formula is C13H19NO4. The molecule has 5 nitrogen and oxygen atoms in total. The number of nitrogens with zero attached hydrogens (tertiary/aromatic N) is 1. The Kier molecular flexibility index (Phi) is 3.41. The lowest BCUT2D eigenvalue weighted by molar-refractivity contribution is -0.155. The van der Waals surface area contributed by atoms with Crippen molar-refractivity contribution >= 4 is 17.8 Å². The van der Waals surface area contributed by atoms with Crippen LogP contribution in [0.4, 0.5) is 0 Å². The summed E-state index contributed by atoms with van der Waals surface area (Å²) in [5.74, 6) is -0.789. The predicted molar refractivity (Wildman–Crippen MR) is 63.7 cm³/mol. The first-order chi connectivity index (χ1) is 8.44. The first-order valence-corrected chi connectivity index (χ1v) is 6.51. The van der Waals surface area contributed by atoms with Crippen molar-refractivity contribution < 1.29 is 19.5 Å². The van der Waals surface area contributed by atoms with Gasteiger partial charge >= 0.3 is 5.97 Å². The fourth-order valence-corrected chi connectivity index (χ4v) is 2.86. The Morgan fingerprint density at radius 2 is 1.78 bits per heavy atom. The standard InChI is InChI=1S/C13H19NO4/c1-9-4-6-13(7-5-9,12(17)18)8-14-10(15)2-3-11(14)16/h9H,2-8H2,1H3,(H,17,18). The summed E-state index contributed by atoms with van der Waals surface area (Å²) in [5.41, 5.74) is -0.915. The maximum atomic E-state index is 11.6. The lowest BCUT2D eigenvalue weighted by atomic mass is 9.70. The van der Waals surface area contributed by atoms with Crippen molar-refractivity contribution in [1.29, 1.82) is 0 Å². The summed E-state index contributed by atoms with van der Waals surface area (Å²) in [6, 6.07) is 0. The molecule has 0 spiro atoms. The van der Waals surface area contributed by atoms with E-state index in [4.69, 9.17) is 0 Å². The second kappa shape index (κ2) is 4.71. The van der Waals surface area contributed by atoms with Gasteiger partial charge in [0, 0.05) is 19.4 Å². The van der Waals surface area contributed by atoms with E-state index in [0.29, 0.717) is 18.8 Å². The summed E-state index contributed by atoms with van der Waals surface area (Å²) in [6.07, 6.45) is 3.27. The van der Waals surface area contributed by atoms with Crippen LogP contribution in [0.1, 0.15) is 45.4 Å². The highest BCUT2D eigenvalue weighted by Crippen LogP contribution is 2.40. The van der Waals surface area contributed by atoms with Gasteiger partial charge in [-0.05, 0) is 31.6 Å². The Labute approximate surface area is 106 Å². The minimum Gasteiger partial charge on any atom is -0.481 e. The van der Waals surface area contributed by atoms with E-state index in [0.717, 1.165) is 17.7 Å². The zero-order valence-electron chi connectivity index (χ0n) is 10.6. The maximum Gasteiger partial charge on any atom is 0.311 e. The summed E-state index contributed by atoms with van der Waals surface area (Å²) < 4.78 is 0. The Balaban J connectivity index is 2.14. The summed E-state index contributed by atoms with van der Waals surface area (Å²) >= 11 is 0. The zero-order valence-corrected chi connectivity index (χ0v) is 10.6. The molecule has 0 atom stereocenters. The minimum absolute atomic E-state index is 0.0622. The van der Waals surface area contributed by atoms with Gasteiger partial charge in [-0.3, -0.25) is 19.3 Å².